The molecule has 0 radical (unpaired) electrons. The molecule has 0 atom stereocenters. The van der Waals surface area contributed by atoms with Gasteiger partial charge in [0.15, 0.2) is 5.96 Å². The minimum absolute atomic E-state index is 0.657. The van der Waals surface area contributed by atoms with Gasteiger partial charge in [-0.25, -0.2) is 9.97 Å². The Morgan fingerprint density at radius 1 is 1.32 bits per heavy atom. The Morgan fingerprint density at radius 2 is 2.21 bits per heavy atom. The maximum absolute atomic E-state index is 5.79. The molecule has 0 bridgehead atoms. The first-order valence-electron chi connectivity index (χ1n) is 9.88. The third-order valence-electron chi connectivity index (χ3n) is 4.71. The van der Waals surface area contributed by atoms with Crippen molar-refractivity contribution in [3.63, 3.8) is 0 Å². The number of rotatable bonds is 9. The topological polar surface area (TPSA) is 85.6 Å². The van der Waals surface area contributed by atoms with Crippen LogP contribution in [0.25, 0.3) is 5.82 Å². The maximum Gasteiger partial charge on any atom is 0.191 e. The zero-order valence-electron chi connectivity index (χ0n) is 16.5. The fourth-order valence-electron chi connectivity index (χ4n) is 3.02. The van der Waals surface area contributed by atoms with E-state index in [4.69, 9.17) is 9.47 Å². The third-order valence-corrected chi connectivity index (χ3v) is 4.71. The summed E-state index contributed by atoms with van der Waals surface area (Å²) in [5.74, 6) is 2.29. The Labute approximate surface area is 166 Å². The molecule has 0 spiro atoms. The number of nitrogens with zero attached hydrogens (tertiary/aromatic N) is 4. The lowest BCUT2D eigenvalue weighted by atomic mass is 10.0. The van der Waals surface area contributed by atoms with E-state index in [2.05, 4.69) is 25.6 Å². The molecule has 152 valence electrons. The molecular formula is C20H30N6O2. The van der Waals surface area contributed by atoms with Crippen molar-refractivity contribution in [2.45, 2.75) is 25.8 Å². The molecular weight excluding hydrogens is 356 g/mol. The number of ether oxygens (including phenoxy) is 2. The minimum atomic E-state index is 0.657. The summed E-state index contributed by atoms with van der Waals surface area (Å²) in [5, 5.41) is 6.63. The van der Waals surface area contributed by atoms with E-state index < -0.39 is 0 Å². The highest BCUT2D eigenvalue weighted by Crippen LogP contribution is 2.14. The molecule has 0 amide bonds. The van der Waals surface area contributed by atoms with Crippen molar-refractivity contribution in [2.24, 2.45) is 10.9 Å². The van der Waals surface area contributed by atoms with Crippen LogP contribution < -0.4 is 10.6 Å². The first-order chi connectivity index (χ1) is 13.8. The fraction of sp³-hybridized carbons (Fsp3) is 0.550. The average molecular weight is 386 g/mol. The number of guanidine groups is 1. The number of imidazole rings is 1. The van der Waals surface area contributed by atoms with Crippen LogP contribution in [0.15, 0.2) is 42.0 Å². The fourth-order valence-corrected chi connectivity index (χ4v) is 3.02. The van der Waals surface area contributed by atoms with Crippen molar-refractivity contribution in [1.82, 2.24) is 25.2 Å². The van der Waals surface area contributed by atoms with Gasteiger partial charge in [-0.3, -0.25) is 9.56 Å². The van der Waals surface area contributed by atoms with Gasteiger partial charge in [0.05, 0.1) is 0 Å². The Morgan fingerprint density at radius 3 is 2.93 bits per heavy atom. The van der Waals surface area contributed by atoms with E-state index in [1.165, 1.54) is 0 Å². The second kappa shape index (κ2) is 11.4. The molecule has 8 heteroatoms. The number of aliphatic imine (C=N–C) groups is 1. The van der Waals surface area contributed by atoms with Crippen LogP contribution in [0.5, 0.6) is 0 Å². The molecule has 3 rings (SSSR count). The summed E-state index contributed by atoms with van der Waals surface area (Å²) in [7, 11) is 1.78. The minimum Gasteiger partial charge on any atom is -0.381 e. The molecule has 1 saturated heterocycles. The summed E-state index contributed by atoms with van der Waals surface area (Å²) in [6, 6.07) is 4.03. The standard InChI is InChI=1S/C20H30N6O2/c1-21-20(23-7-2-10-28-15-17-5-11-27-12-6-17)25-14-18-3-4-19(24-13-18)26-9-8-22-16-26/h3-4,8-9,13,16-17H,2,5-7,10-12,14-15H2,1H3,(H2,21,23,25). The van der Waals surface area contributed by atoms with Crippen molar-refractivity contribution in [1.29, 1.82) is 0 Å². The van der Waals surface area contributed by atoms with E-state index in [1.807, 2.05) is 29.1 Å². The molecule has 0 saturated carbocycles. The van der Waals surface area contributed by atoms with E-state index >= 15 is 0 Å². The molecule has 2 aromatic heterocycles. The SMILES string of the molecule is CN=C(NCCCOCC1CCOCC1)NCc1ccc(-n2ccnc2)nc1. The zero-order chi connectivity index (χ0) is 19.4. The largest absolute Gasteiger partial charge is 0.381 e. The van der Waals surface area contributed by atoms with Gasteiger partial charge in [0, 0.05) is 65.2 Å². The quantitative estimate of drug-likeness (QED) is 0.388. The second-order valence-electron chi connectivity index (χ2n) is 6.83. The van der Waals surface area contributed by atoms with Crippen LogP contribution in [-0.2, 0) is 16.0 Å². The van der Waals surface area contributed by atoms with Gasteiger partial charge in [-0.15, -0.1) is 0 Å². The number of nitrogens with one attached hydrogen (secondary N) is 2. The number of hydrogen-bond acceptors (Lipinski definition) is 5. The van der Waals surface area contributed by atoms with Crippen molar-refractivity contribution in [3.05, 3.63) is 42.6 Å². The van der Waals surface area contributed by atoms with Crippen molar-refractivity contribution in [3.8, 4) is 5.82 Å². The summed E-state index contributed by atoms with van der Waals surface area (Å²) in [6.45, 7) is 4.85. The molecule has 0 aliphatic carbocycles. The van der Waals surface area contributed by atoms with Crippen LogP contribution in [0.2, 0.25) is 0 Å². The molecule has 0 unspecified atom stereocenters. The van der Waals surface area contributed by atoms with Gasteiger partial charge < -0.3 is 20.1 Å². The Kier molecular flexibility index (Phi) is 8.26. The summed E-state index contributed by atoms with van der Waals surface area (Å²) >= 11 is 0. The lowest BCUT2D eigenvalue weighted by molar-refractivity contribution is 0.0203. The second-order valence-corrected chi connectivity index (χ2v) is 6.83. The lowest BCUT2D eigenvalue weighted by Gasteiger charge is -2.21. The van der Waals surface area contributed by atoms with E-state index in [9.17, 15) is 0 Å². The summed E-state index contributed by atoms with van der Waals surface area (Å²) in [6.07, 6.45) is 10.4. The molecule has 28 heavy (non-hydrogen) atoms. The molecule has 1 fully saturated rings. The number of hydrogen-bond donors (Lipinski definition) is 2. The zero-order valence-corrected chi connectivity index (χ0v) is 16.5. The highest BCUT2D eigenvalue weighted by Gasteiger charge is 2.13. The van der Waals surface area contributed by atoms with Crippen LogP contribution >= 0.6 is 0 Å². The van der Waals surface area contributed by atoms with Gasteiger partial charge >= 0.3 is 0 Å². The third kappa shape index (κ3) is 6.61. The van der Waals surface area contributed by atoms with E-state index in [0.29, 0.717) is 12.5 Å². The number of aromatic nitrogens is 3. The normalized spacial score (nSPS) is 15.5. The maximum atomic E-state index is 5.79. The first-order valence-corrected chi connectivity index (χ1v) is 9.88. The molecule has 1 aliphatic rings. The molecule has 1 aliphatic heterocycles. The molecule has 8 nitrogen and oxygen atoms in total. The summed E-state index contributed by atoms with van der Waals surface area (Å²) in [4.78, 5) is 12.8. The molecule has 3 heterocycles. The van der Waals surface area contributed by atoms with Gasteiger partial charge in [0.1, 0.15) is 12.1 Å². The van der Waals surface area contributed by atoms with Crippen LogP contribution in [0.3, 0.4) is 0 Å². The van der Waals surface area contributed by atoms with Gasteiger partial charge in [0.2, 0.25) is 0 Å². The Hall–Kier alpha value is -2.45. The highest BCUT2D eigenvalue weighted by molar-refractivity contribution is 5.79. The highest BCUT2D eigenvalue weighted by atomic mass is 16.5. The number of pyridine rings is 1. The van der Waals surface area contributed by atoms with Crippen molar-refractivity contribution in [2.75, 3.05) is 40.0 Å². The van der Waals surface area contributed by atoms with Gasteiger partial charge in [-0.2, -0.15) is 0 Å². The van der Waals surface area contributed by atoms with Crippen molar-refractivity contribution < 1.29 is 9.47 Å². The lowest BCUT2D eigenvalue weighted by Crippen LogP contribution is -2.37. The van der Waals surface area contributed by atoms with E-state index in [1.54, 1.807) is 19.6 Å². The molecule has 2 aromatic rings. The van der Waals surface area contributed by atoms with Crippen LogP contribution in [0, 0.1) is 5.92 Å². The smallest absolute Gasteiger partial charge is 0.191 e. The molecule has 2 N–H and O–H groups in total. The van der Waals surface area contributed by atoms with Gasteiger partial charge in [-0.05, 0) is 36.8 Å². The Balaban J connectivity index is 1.29. The molecule has 0 aromatic carbocycles. The Bertz CT molecular complexity index is 696. The average Bonchev–Trinajstić information content (AvgIpc) is 3.29. The first kappa shape index (κ1) is 20.3. The monoisotopic (exact) mass is 386 g/mol. The van der Waals surface area contributed by atoms with Crippen LogP contribution in [-0.4, -0.2) is 60.5 Å². The predicted octanol–water partition coefficient (Wildman–Crippen LogP) is 1.77. The van der Waals surface area contributed by atoms with Crippen LogP contribution in [0.4, 0.5) is 0 Å². The predicted molar refractivity (Wildman–Crippen MR) is 109 cm³/mol. The van der Waals surface area contributed by atoms with Crippen LogP contribution in [0.1, 0.15) is 24.8 Å². The van der Waals surface area contributed by atoms with Gasteiger partial charge in [-0.1, -0.05) is 6.07 Å². The summed E-state index contributed by atoms with van der Waals surface area (Å²) in [5.41, 5.74) is 1.09. The van der Waals surface area contributed by atoms with Gasteiger partial charge in [0.25, 0.3) is 0 Å². The van der Waals surface area contributed by atoms with E-state index in [0.717, 1.165) is 69.6 Å². The summed E-state index contributed by atoms with van der Waals surface area (Å²) < 4.78 is 13.0. The van der Waals surface area contributed by atoms with E-state index in [-0.39, 0.29) is 0 Å². The van der Waals surface area contributed by atoms with Crippen molar-refractivity contribution >= 4 is 5.96 Å².